The van der Waals surface area contributed by atoms with Crippen LogP contribution in [0.1, 0.15) is 32.1 Å². The number of fused-ring (bicyclic) bond motifs is 1. The molecule has 0 unspecified atom stereocenters. The first-order valence-electron chi connectivity index (χ1n) is 8.85. The summed E-state index contributed by atoms with van der Waals surface area (Å²) in [6.07, 6.45) is 9.26. The fraction of sp³-hybridized carbons (Fsp3) is 0.474. The Labute approximate surface area is 146 Å². The third-order valence-electron chi connectivity index (χ3n) is 5.03. The number of aromatic nitrogens is 1. The fourth-order valence-electron chi connectivity index (χ4n) is 3.56. The monoisotopic (exact) mass is 341 g/mol. The van der Waals surface area contributed by atoms with Crippen molar-refractivity contribution in [3.63, 3.8) is 0 Å². The van der Waals surface area contributed by atoms with Crippen molar-refractivity contribution in [1.82, 2.24) is 10.3 Å². The van der Waals surface area contributed by atoms with Gasteiger partial charge in [-0.05, 0) is 44.2 Å². The molecule has 1 aromatic carbocycles. The minimum atomic E-state index is 0.178. The van der Waals surface area contributed by atoms with Crippen molar-refractivity contribution in [2.75, 3.05) is 18.0 Å². The number of anilines is 1. The molecule has 2 heterocycles. The normalized spacial score (nSPS) is 22.0. The number of nitrogens with one attached hydrogen (secondary N) is 1. The van der Waals surface area contributed by atoms with Gasteiger partial charge in [-0.25, -0.2) is 4.98 Å². The number of hydrogen-bond acceptors (Lipinski definition) is 4. The maximum atomic E-state index is 12.4. The first-order chi connectivity index (χ1) is 11.8. The number of rotatable bonds is 3. The molecule has 0 radical (unpaired) electrons. The van der Waals surface area contributed by atoms with Gasteiger partial charge in [0.1, 0.15) is 0 Å². The summed E-state index contributed by atoms with van der Waals surface area (Å²) in [4.78, 5) is 19.5. The maximum Gasteiger partial charge on any atom is 0.223 e. The summed E-state index contributed by atoms with van der Waals surface area (Å²) in [6, 6.07) is 8.61. The Kier molecular flexibility index (Phi) is 4.52. The van der Waals surface area contributed by atoms with Crippen LogP contribution in [0.15, 0.2) is 36.4 Å². The molecule has 0 bridgehead atoms. The van der Waals surface area contributed by atoms with E-state index in [1.54, 1.807) is 11.3 Å². The predicted molar refractivity (Wildman–Crippen MR) is 99.5 cm³/mol. The van der Waals surface area contributed by atoms with Gasteiger partial charge >= 0.3 is 0 Å². The first kappa shape index (κ1) is 15.6. The van der Waals surface area contributed by atoms with Crippen molar-refractivity contribution in [3.05, 3.63) is 36.4 Å². The molecule has 0 spiro atoms. The van der Waals surface area contributed by atoms with Gasteiger partial charge in [0, 0.05) is 25.0 Å². The number of nitrogens with zero attached hydrogens (tertiary/aromatic N) is 2. The molecule has 4 rings (SSSR count). The molecule has 1 N–H and O–H groups in total. The van der Waals surface area contributed by atoms with Crippen molar-refractivity contribution in [2.45, 2.75) is 38.1 Å². The molecule has 1 amide bonds. The topological polar surface area (TPSA) is 45.2 Å². The number of carbonyl (C=O) groups excluding carboxylic acids is 1. The van der Waals surface area contributed by atoms with E-state index in [2.05, 4.69) is 40.6 Å². The second kappa shape index (κ2) is 6.93. The van der Waals surface area contributed by atoms with E-state index in [1.807, 2.05) is 6.07 Å². The molecular formula is C19H23N3OS. The van der Waals surface area contributed by atoms with Gasteiger partial charge in [-0.1, -0.05) is 35.6 Å². The van der Waals surface area contributed by atoms with Crippen LogP contribution in [-0.2, 0) is 4.79 Å². The lowest BCUT2D eigenvalue weighted by atomic mass is 9.93. The summed E-state index contributed by atoms with van der Waals surface area (Å²) >= 11 is 1.76. The Balaban J connectivity index is 1.33. The van der Waals surface area contributed by atoms with Crippen molar-refractivity contribution in [1.29, 1.82) is 0 Å². The summed E-state index contributed by atoms with van der Waals surface area (Å²) in [5.41, 5.74) is 1.08. The zero-order chi connectivity index (χ0) is 16.4. The van der Waals surface area contributed by atoms with Crippen LogP contribution in [0.4, 0.5) is 5.13 Å². The Morgan fingerprint density at radius 2 is 2.00 bits per heavy atom. The van der Waals surface area contributed by atoms with Gasteiger partial charge < -0.3 is 10.2 Å². The lowest BCUT2D eigenvalue weighted by molar-refractivity contribution is -0.126. The van der Waals surface area contributed by atoms with E-state index in [1.165, 1.54) is 4.70 Å². The van der Waals surface area contributed by atoms with Gasteiger partial charge in [0.05, 0.1) is 10.2 Å². The molecule has 2 aliphatic rings. The van der Waals surface area contributed by atoms with Crippen LogP contribution >= 0.6 is 11.3 Å². The van der Waals surface area contributed by atoms with Crippen LogP contribution in [0.3, 0.4) is 0 Å². The van der Waals surface area contributed by atoms with Crippen molar-refractivity contribution in [3.8, 4) is 0 Å². The third kappa shape index (κ3) is 3.31. The van der Waals surface area contributed by atoms with Gasteiger partial charge in [0.25, 0.3) is 0 Å². The number of carbonyl (C=O) groups is 1. The average molecular weight is 341 g/mol. The number of amides is 1. The molecule has 0 saturated carbocycles. The van der Waals surface area contributed by atoms with Gasteiger partial charge in [-0.3, -0.25) is 4.79 Å². The van der Waals surface area contributed by atoms with Crippen LogP contribution in [0, 0.1) is 5.92 Å². The smallest absolute Gasteiger partial charge is 0.223 e. The van der Waals surface area contributed by atoms with Gasteiger partial charge in [0.15, 0.2) is 5.13 Å². The molecule has 5 heteroatoms. The molecule has 4 nitrogen and oxygen atoms in total. The van der Waals surface area contributed by atoms with E-state index in [-0.39, 0.29) is 11.8 Å². The highest BCUT2D eigenvalue weighted by molar-refractivity contribution is 7.22. The number of thiazole rings is 1. The molecule has 1 aliphatic heterocycles. The van der Waals surface area contributed by atoms with Crippen LogP contribution in [0.2, 0.25) is 0 Å². The fourth-order valence-corrected chi connectivity index (χ4v) is 4.58. The van der Waals surface area contributed by atoms with Crippen LogP contribution in [-0.4, -0.2) is 30.0 Å². The quantitative estimate of drug-likeness (QED) is 0.865. The molecule has 1 atom stereocenters. The first-order valence-corrected chi connectivity index (χ1v) is 9.67. The van der Waals surface area contributed by atoms with E-state index in [0.29, 0.717) is 6.04 Å². The third-order valence-corrected chi connectivity index (χ3v) is 6.13. The van der Waals surface area contributed by atoms with Crippen molar-refractivity contribution >= 4 is 32.6 Å². The number of hydrogen-bond donors (Lipinski definition) is 1. The lowest BCUT2D eigenvalue weighted by Crippen LogP contribution is -2.46. The summed E-state index contributed by atoms with van der Waals surface area (Å²) in [6.45, 7) is 1.94. The van der Waals surface area contributed by atoms with E-state index in [9.17, 15) is 4.79 Å². The highest BCUT2D eigenvalue weighted by atomic mass is 32.1. The van der Waals surface area contributed by atoms with Crippen molar-refractivity contribution in [2.24, 2.45) is 5.92 Å². The average Bonchev–Trinajstić information content (AvgIpc) is 3.07. The zero-order valence-electron chi connectivity index (χ0n) is 13.8. The van der Waals surface area contributed by atoms with Crippen LogP contribution in [0.5, 0.6) is 0 Å². The van der Waals surface area contributed by atoms with E-state index in [0.717, 1.165) is 55.8 Å². The summed E-state index contributed by atoms with van der Waals surface area (Å²) in [5, 5.41) is 4.38. The number of para-hydroxylation sites is 1. The zero-order valence-corrected chi connectivity index (χ0v) is 14.6. The second-order valence-electron chi connectivity index (χ2n) is 6.72. The van der Waals surface area contributed by atoms with E-state index >= 15 is 0 Å². The highest BCUT2D eigenvalue weighted by Gasteiger charge is 2.25. The standard InChI is InChI=1S/C19H23N3OS/c23-18(14-6-2-1-3-7-14)20-15-10-12-22(13-11-15)19-21-16-8-4-5-9-17(16)24-19/h1-2,4-5,8-9,14-15H,3,6-7,10-13H2,(H,20,23)/t14-/m1/s1. The molecule has 1 fully saturated rings. The largest absolute Gasteiger partial charge is 0.353 e. The summed E-state index contributed by atoms with van der Waals surface area (Å²) in [7, 11) is 0. The summed E-state index contributed by atoms with van der Waals surface area (Å²) in [5.74, 6) is 0.426. The van der Waals surface area contributed by atoms with Crippen molar-refractivity contribution < 1.29 is 4.79 Å². The minimum absolute atomic E-state index is 0.178. The summed E-state index contributed by atoms with van der Waals surface area (Å²) < 4.78 is 1.24. The number of allylic oxidation sites excluding steroid dienone is 2. The molecule has 2 aromatic rings. The SMILES string of the molecule is O=C(NC1CCN(c2nc3ccccc3s2)CC1)[C@@H]1CC=CCC1. The maximum absolute atomic E-state index is 12.4. The molecule has 126 valence electrons. The lowest BCUT2D eigenvalue weighted by Gasteiger charge is -2.33. The predicted octanol–water partition coefficient (Wildman–Crippen LogP) is 3.74. The molecule has 24 heavy (non-hydrogen) atoms. The highest BCUT2D eigenvalue weighted by Crippen LogP contribution is 2.30. The van der Waals surface area contributed by atoms with Gasteiger partial charge in [-0.2, -0.15) is 0 Å². The van der Waals surface area contributed by atoms with E-state index < -0.39 is 0 Å². The molecule has 1 aliphatic carbocycles. The Morgan fingerprint density at radius 3 is 2.75 bits per heavy atom. The van der Waals surface area contributed by atoms with Gasteiger partial charge in [0.2, 0.25) is 5.91 Å². The Bertz CT molecular complexity index is 713. The molecule has 1 aromatic heterocycles. The Hall–Kier alpha value is -1.88. The van der Waals surface area contributed by atoms with E-state index in [4.69, 9.17) is 4.98 Å². The Morgan fingerprint density at radius 1 is 1.17 bits per heavy atom. The minimum Gasteiger partial charge on any atom is -0.353 e. The molecular weight excluding hydrogens is 318 g/mol. The molecule has 1 saturated heterocycles. The second-order valence-corrected chi connectivity index (χ2v) is 7.72. The number of piperidine rings is 1. The van der Waals surface area contributed by atoms with Crippen LogP contribution in [0.25, 0.3) is 10.2 Å². The number of benzene rings is 1. The van der Waals surface area contributed by atoms with Crippen LogP contribution < -0.4 is 10.2 Å². The van der Waals surface area contributed by atoms with Gasteiger partial charge in [-0.15, -0.1) is 0 Å².